The van der Waals surface area contributed by atoms with Crippen molar-refractivity contribution >= 4 is 33.6 Å². The van der Waals surface area contributed by atoms with Crippen molar-refractivity contribution in [3.05, 3.63) is 116 Å². The van der Waals surface area contributed by atoms with E-state index in [1.54, 1.807) is 6.20 Å². The topological polar surface area (TPSA) is 21.7 Å². The van der Waals surface area contributed by atoms with Crippen molar-refractivity contribution in [1.29, 1.82) is 0 Å². The molecule has 3 nitrogen and oxygen atoms in total. The standard InChI is InChI=1S/C21H17N2S.C11H8N.Ir/c1-21(2,3)23-13-22-17-12-11-14-7-4-5-8-15(14)20(17)24-18-10-6-9-16(23)19(18)22;1-2-6-10(7-3-1)11-8-4-5-9-12-11;/h4-11H,1-3H3;1-6,8-9H;/q2*-1;+3. The molecule has 37 heavy (non-hydrogen) atoms. The van der Waals surface area contributed by atoms with Crippen LogP contribution in [0.5, 0.6) is 0 Å². The Hall–Kier alpha value is -3.24. The van der Waals surface area contributed by atoms with Crippen LogP contribution in [-0.4, -0.2) is 9.55 Å². The molecule has 0 N–H and O–H groups in total. The third-order valence-electron chi connectivity index (χ3n) is 6.18. The fourth-order valence-electron chi connectivity index (χ4n) is 4.50. The van der Waals surface area contributed by atoms with E-state index in [-0.39, 0.29) is 25.6 Å². The summed E-state index contributed by atoms with van der Waals surface area (Å²) < 4.78 is 4.43. The van der Waals surface area contributed by atoms with Gasteiger partial charge in [0.2, 0.25) is 6.33 Å². The largest absolute Gasteiger partial charge is 3.00 e. The molecule has 7 rings (SSSR count). The Kier molecular flexibility index (Phi) is 7.04. The molecule has 1 aliphatic heterocycles. The molecule has 0 unspecified atom stereocenters. The number of nitrogens with zero attached hydrogens (tertiary/aromatic N) is 3. The van der Waals surface area contributed by atoms with Gasteiger partial charge in [0, 0.05) is 6.20 Å². The summed E-state index contributed by atoms with van der Waals surface area (Å²) in [6.45, 7) is 6.65. The van der Waals surface area contributed by atoms with Crippen molar-refractivity contribution < 1.29 is 24.7 Å². The summed E-state index contributed by atoms with van der Waals surface area (Å²) in [5.74, 6) is 0. The zero-order valence-electron chi connectivity index (χ0n) is 20.8. The average molecular weight is 676 g/mol. The van der Waals surface area contributed by atoms with Crippen molar-refractivity contribution in [2.24, 2.45) is 0 Å². The van der Waals surface area contributed by atoms with Crippen LogP contribution < -0.4 is 4.57 Å². The summed E-state index contributed by atoms with van der Waals surface area (Å²) in [6, 6.07) is 37.5. The third-order valence-corrected chi connectivity index (χ3v) is 7.35. The van der Waals surface area contributed by atoms with E-state index < -0.39 is 0 Å². The zero-order chi connectivity index (χ0) is 24.7. The van der Waals surface area contributed by atoms with Gasteiger partial charge in [0.05, 0.1) is 16.6 Å². The first-order chi connectivity index (χ1) is 17.5. The van der Waals surface area contributed by atoms with Crippen LogP contribution in [0.15, 0.2) is 107 Å². The maximum Gasteiger partial charge on any atom is 3.00 e. The van der Waals surface area contributed by atoms with E-state index in [0.717, 1.165) is 16.9 Å². The Balaban J connectivity index is 0.000000183. The molecule has 2 aromatic heterocycles. The van der Waals surface area contributed by atoms with E-state index in [1.165, 1.54) is 31.6 Å². The van der Waals surface area contributed by atoms with Crippen molar-refractivity contribution in [2.45, 2.75) is 36.1 Å². The molecule has 0 saturated carbocycles. The molecule has 5 heteroatoms. The fraction of sp³-hybridized carbons (Fsp3) is 0.125. The first-order valence-electron chi connectivity index (χ1n) is 12.0. The van der Waals surface area contributed by atoms with Crippen LogP contribution in [0.4, 0.5) is 0 Å². The van der Waals surface area contributed by atoms with Gasteiger partial charge in [-0.15, -0.1) is 52.7 Å². The van der Waals surface area contributed by atoms with Gasteiger partial charge in [-0.1, -0.05) is 53.4 Å². The maximum absolute atomic E-state index is 4.22. The van der Waals surface area contributed by atoms with Gasteiger partial charge < -0.3 is 14.1 Å². The molecule has 4 aromatic carbocycles. The molecule has 3 heterocycles. The molecule has 0 atom stereocenters. The van der Waals surface area contributed by atoms with Crippen molar-refractivity contribution in [1.82, 2.24) is 9.55 Å². The summed E-state index contributed by atoms with van der Waals surface area (Å²) in [4.78, 5) is 6.76. The molecule has 0 spiro atoms. The second kappa shape index (κ2) is 10.3. The van der Waals surface area contributed by atoms with Gasteiger partial charge >= 0.3 is 20.1 Å². The number of rotatable bonds is 1. The van der Waals surface area contributed by atoms with E-state index in [2.05, 4.69) is 102 Å². The van der Waals surface area contributed by atoms with E-state index in [0.29, 0.717) is 0 Å². The predicted octanol–water partition coefficient (Wildman–Crippen LogP) is 7.44. The Morgan fingerprint density at radius 2 is 1.68 bits per heavy atom. The summed E-state index contributed by atoms with van der Waals surface area (Å²) in [5, 5.41) is 2.51. The third kappa shape index (κ3) is 4.75. The Morgan fingerprint density at radius 3 is 2.43 bits per heavy atom. The van der Waals surface area contributed by atoms with Gasteiger partial charge in [-0.2, -0.15) is 23.9 Å². The van der Waals surface area contributed by atoms with Crippen LogP contribution >= 0.6 is 11.8 Å². The molecule has 0 aliphatic carbocycles. The number of pyridine rings is 1. The van der Waals surface area contributed by atoms with Gasteiger partial charge in [0.1, 0.15) is 0 Å². The minimum Gasteiger partial charge on any atom is -0.340 e. The van der Waals surface area contributed by atoms with Crippen molar-refractivity contribution in [3.8, 4) is 16.9 Å². The summed E-state index contributed by atoms with van der Waals surface area (Å²) >= 11 is 1.84. The van der Waals surface area contributed by atoms with Gasteiger partial charge in [0.15, 0.2) is 0 Å². The number of hydrogen-bond donors (Lipinski definition) is 0. The number of fused-ring (bicyclic) bond motifs is 4. The monoisotopic (exact) mass is 676 g/mol. The average Bonchev–Trinajstić information content (AvgIpc) is 3.32. The molecule has 0 amide bonds. The van der Waals surface area contributed by atoms with E-state index in [1.807, 2.05) is 54.2 Å². The normalized spacial score (nSPS) is 11.9. The van der Waals surface area contributed by atoms with Crippen molar-refractivity contribution in [3.63, 3.8) is 0 Å². The quantitative estimate of drug-likeness (QED) is 0.133. The molecule has 182 valence electrons. The minimum absolute atomic E-state index is 0. The molecule has 6 aromatic rings. The number of imidazole rings is 1. The Bertz CT molecular complexity index is 1650. The first kappa shape index (κ1) is 25.4. The first-order valence-corrected chi connectivity index (χ1v) is 12.8. The number of para-hydroxylation sites is 1. The summed E-state index contributed by atoms with van der Waals surface area (Å²) in [5.41, 5.74) is 5.55. The van der Waals surface area contributed by atoms with Crippen LogP contribution in [0.1, 0.15) is 20.8 Å². The van der Waals surface area contributed by atoms with Crippen LogP contribution in [-0.2, 0) is 25.6 Å². The Labute approximate surface area is 235 Å². The molecule has 0 radical (unpaired) electrons. The van der Waals surface area contributed by atoms with E-state index >= 15 is 0 Å². The summed E-state index contributed by atoms with van der Waals surface area (Å²) in [7, 11) is 0. The van der Waals surface area contributed by atoms with E-state index in [4.69, 9.17) is 0 Å². The molecule has 0 bridgehead atoms. The van der Waals surface area contributed by atoms with Crippen LogP contribution in [0, 0.1) is 18.5 Å². The second-order valence-corrected chi connectivity index (χ2v) is 10.8. The summed E-state index contributed by atoms with van der Waals surface area (Å²) in [6.07, 6.45) is 5.37. The predicted molar refractivity (Wildman–Crippen MR) is 146 cm³/mol. The molecular formula is C32H25IrN3S+. The van der Waals surface area contributed by atoms with Crippen molar-refractivity contribution in [2.75, 3.05) is 0 Å². The smallest absolute Gasteiger partial charge is 0.340 e. The second-order valence-electron chi connectivity index (χ2n) is 9.71. The zero-order valence-corrected chi connectivity index (χ0v) is 24.0. The van der Waals surface area contributed by atoms with Crippen LogP contribution in [0.2, 0.25) is 0 Å². The number of aromatic nitrogens is 3. The SMILES string of the molecule is CC(C)(C)n1[c-][n+]2c3c(cccc31)Sc1c-2[c-]cc2ccccc12.[Ir+3].[c-]1ccccc1-c1ccccn1. The number of benzene rings is 4. The van der Waals surface area contributed by atoms with Gasteiger partial charge in [-0.25, -0.2) is 0 Å². The van der Waals surface area contributed by atoms with Gasteiger partial charge in [-0.3, -0.25) is 0 Å². The molecule has 0 saturated heterocycles. The molecular weight excluding hydrogens is 651 g/mol. The van der Waals surface area contributed by atoms with Gasteiger partial charge in [-0.05, 0) is 43.1 Å². The van der Waals surface area contributed by atoms with E-state index in [9.17, 15) is 0 Å². The van der Waals surface area contributed by atoms with Crippen LogP contribution in [0.25, 0.3) is 38.8 Å². The number of hydrogen-bond acceptors (Lipinski definition) is 2. The van der Waals surface area contributed by atoms with Gasteiger partial charge in [0.25, 0.3) is 0 Å². The Morgan fingerprint density at radius 1 is 0.865 bits per heavy atom. The fourth-order valence-corrected chi connectivity index (χ4v) is 5.70. The minimum atomic E-state index is -0.0197. The van der Waals surface area contributed by atoms with Crippen LogP contribution in [0.3, 0.4) is 0 Å². The molecule has 0 fully saturated rings. The molecule has 1 aliphatic rings. The maximum atomic E-state index is 4.22.